The SMILES string of the molecule is CN(C)CCCN(CC(=O)NC1CCCC1)S(C)(=O)=O. The number of carbonyl (C=O) groups is 1. The molecule has 0 saturated heterocycles. The smallest absolute Gasteiger partial charge is 0.235 e. The van der Waals surface area contributed by atoms with Gasteiger partial charge in [-0.3, -0.25) is 4.79 Å². The highest BCUT2D eigenvalue weighted by molar-refractivity contribution is 7.88. The molecule has 0 aromatic heterocycles. The molecule has 1 rings (SSSR count). The van der Waals surface area contributed by atoms with Crippen molar-refractivity contribution < 1.29 is 13.2 Å². The molecule has 0 unspecified atom stereocenters. The first-order valence-electron chi connectivity index (χ1n) is 7.18. The van der Waals surface area contributed by atoms with Crippen LogP contribution < -0.4 is 5.32 Å². The third kappa shape index (κ3) is 6.67. The quantitative estimate of drug-likeness (QED) is 0.698. The van der Waals surface area contributed by atoms with Gasteiger partial charge in [-0.2, -0.15) is 4.31 Å². The fourth-order valence-corrected chi connectivity index (χ4v) is 3.24. The monoisotopic (exact) mass is 305 g/mol. The van der Waals surface area contributed by atoms with Gasteiger partial charge in [0.2, 0.25) is 15.9 Å². The van der Waals surface area contributed by atoms with Crippen molar-refractivity contribution in [3.63, 3.8) is 0 Å². The number of carbonyl (C=O) groups excluding carboxylic acids is 1. The van der Waals surface area contributed by atoms with E-state index in [0.29, 0.717) is 6.54 Å². The molecule has 118 valence electrons. The van der Waals surface area contributed by atoms with E-state index in [1.165, 1.54) is 4.31 Å². The largest absolute Gasteiger partial charge is 0.352 e. The second-order valence-electron chi connectivity index (χ2n) is 5.80. The summed E-state index contributed by atoms with van der Waals surface area (Å²) in [4.78, 5) is 13.9. The van der Waals surface area contributed by atoms with Gasteiger partial charge in [-0.15, -0.1) is 0 Å². The number of sulfonamides is 1. The Morgan fingerprint density at radius 1 is 1.20 bits per heavy atom. The van der Waals surface area contributed by atoms with Crippen LogP contribution in [0.5, 0.6) is 0 Å². The second-order valence-corrected chi connectivity index (χ2v) is 7.78. The minimum atomic E-state index is -3.34. The summed E-state index contributed by atoms with van der Waals surface area (Å²) in [7, 11) is 0.547. The predicted octanol–water partition coefficient (Wildman–Crippen LogP) is 0.259. The van der Waals surface area contributed by atoms with Gasteiger partial charge in [-0.1, -0.05) is 12.8 Å². The van der Waals surface area contributed by atoms with Gasteiger partial charge in [0, 0.05) is 12.6 Å². The van der Waals surface area contributed by atoms with Crippen LogP contribution in [0.3, 0.4) is 0 Å². The molecule has 0 spiro atoms. The normalized spacial score (nSPS) is 17.1. The Morgan fingerprint density at radius 3 is 2.30 bits per heavy atom. The van der Waals surface area contributed by atoms with Gasteiger partial charge in [0.1, 0.15) is 0 Å². The molecule has 1 aliphatic rings. The van der Waals surface area contributed by atoms with Crippen LogP contribution in [0.4, 0.5) is 0 Å². The third-order valence-corrected chi connectivity index (χ3v) is 4.77. The molecule has 20 heavy (non-hydrogen) atoms. The van der Waals surface area contributed by atoms with E-state index < -0.39 is 10.0 Å². The maximum absolute atomic E-state index is 11.9. The zero-order valence-electron chi connectivity index (χ0n) is 12.8. The molecule has 0 atom stereocenters. The van der Waals surface area contributed by atoms with Crippen molar-refractivity contribution in [2.24, 2.45) is 0 Å². The highest BCUT2D eigenvalue weighted by Crippen LogP contribution is 2.17. The van der Waals surface area contributed by atoms with Gasteiger partial charge in [0.05, 0.1) is 12.8 Å². The minimum absolute atomic E-state index is 0.0667. The Balaban J connectivity index is 2.44. The van der Waals surface area contributed by atoms with Crippen molar-refractivity contribution >= 4 is 15.9 Å². The zero-order chi connectivity index (χ0) is 15.2. The number of amides is 1. The lowest BCUT2D eigenvalue weighted by atomic mass is 10.2. The van der Waals surface area contributed by atoms with E-state index >= 15 is 0 Å². The molecule has 1 fully saturated rings. The summed E-state index contributed by atoms with van der Waals surface area (Å²) in [6.45, 7) is 1.12. The first-order valence-corrected chi connectivity index (χ1v) is 9.03. The number of rotatable bonds is 8. The maximum atomic E-state index is 11.9. The molecule has 0 bridgehead atoms. The topological polar surface area (TPSA) is 69.7 Å². The fraction of sp³-hybridized carbons (Fsp3) is 0.923. The molecule has 1 aliphatic carbocycles. The Kier molecular flexibility index (Phi) is 6.91. The Labute approximate surface area is 122 Å². The Bertz CT molecular complexity index is 403. The van der Waals surface area contributed by atoms with Crippen molar-refractivity contribution in [1.29, 1.82) is 0 Å². The first-order chi connectivity index (χ1) is 9.29. The molecule has 1 saturated carbocycles. The van der Waals surface area contributed by atoms with E-state index in [1.807, 2.05) is 19.0 Å². The van der Waals surface area contributed by atoms with E-state index in [1.54, 1.807) is 0 Å². The van der Waals surface area contributed by atoms with Crippen LogP contribution in [0.15, 0.2) is 0 Å². The lowest BCUT2D eigenvalue weighted by molar-refractivity contribution is -0.122. The van der Waals surface area contributed by atoms with Crippen molar-refractivity contribution in [1.82, 2.24) is 14.5 Å². The van der Waals surface area contributed by atoms with E-state index in [9.17, 15) is 13.2 Å². The van der Waals surface area contributed by atoms with E-state index in [2.05, 4.69) is 5.32 Å². The minimum Gasteiger partial charge on any atom is -0.352 e. The Morgan fingerprint density at radius 2 is 1.80 bits per heavy atom. The average Bonchev–Trinajstić information content (AvgIpc) is 2.78. The van der Waals surface area contributed by atoms with Gasteiger partial charge in [-0.25, -0.2) is 8.42 Å². The number of nitrogens with one attached hydrogen (secondary N) is 1. The molecule has 1 amide bonds. The van der Waals surface area contributed by atoms with Crippen LogP contribution in [0.2, 0.25) is 0 Å². The van der Waals surface area contributed by atoms with Crippen molar-refractivity contribution in [2.45, 2.75) is 38.1 Å². The highest BCUT2D eigenvalue weighted by Gasteiger charge is 2.22. The summed E-state index contributed by atoms with van der Waals surface area (Å²) >= 11 is 0. The molecule has 0 radical (unpaired) electrons. The van der Waals surface area contributed by atoms with Crippen molar-refractivity contribution in [3.05, 3.63) is 0 Å². The number of hydrogen-bond donors (Lipinski definition) is 1. The predicted molar refractivity (Wildman–Crippen MR) is 80.0 cm³/mol. The van der Waals surface area contributed by atoms with Gasteiger partial charge >= 0.3 is 0 Å². The van der Waals surface area contributed by atoms with Crippen molar-refractivity contribution in [2.75, 3.05) is 40.0 Å². The van der Waals surface area contributed by atoms with Crippen LogP contribution in [-0.4, -0.2) is 69.6 Å². The lowest BCUT2D eigenvalue weighted by Crippen LogP contribution is -2.43. The van der Waals surface area contributed by atoms with Gasteiger partial charge in [0.25, 0.3) is 0 Å². The van der Waals surface area contributed by atoms with Crippen molar-refractivity contribution in [3.8, 4) is 0 Å². The third-order valence-electron chi connectivity index (χ3n) is 3.52. The number of hydrogen-bond acceptors (Lipinski definition) is 4. The zero-order valence-corrected chi connectivity index (χ0v) is 13.6. The van der Waals surface area contributed by atoms with Gasteiger partial charge in [-0.05, 0) is 39.9 Å². The van der Waals surface area contributed by atoms with Gasteiger partial charge in [0.15, 0.2) is 0 Å². The molecule has 0 aromatic carbocycles. The molecule has 7 heteroatoms. The number of nitrogens with zero attached hydrogens (tertiary/aromatic N) is 2. The van der Waals surface area contributed by atoms with Crippen LogP contribution >= 0.6 is 0 Å². The molecule has 0 aliphatic heterocycles. The first kappa shape index (κ1) is 17.4. The summed E-state index contributed by atoms with van der Waals surface area (Å²) < 4.78 is 24.7. The molecular formula is C13H27N3O3S. The van der Waals surface area contributed by atoms with Gasteiger partial charge < -0.3 is 10.2 Å². The average molecular weight is 305 g/mol. The summed E-state index contributed by atoms with van der Waals surface area (Å²) in [6, 6.07) is 0.227. The summed E-state index contributed by atoms with van der Waals surface area (Å²) in [5.74, 6) is -0.188. The summed E-state index contributed by atoms with van der Waals surface area (Å²) in [5.41, 5.74) is 0. The molecule has 0 aromatic rings. The molecule has 6 nitrogen and oxygen atoms in total. The molecule has 1 N–H and O–H groups in total. The maximum Gasteiger partial charge on any atom is 0.235 e. The summed E-state index contributed by atoms with van der Waals surface area (Å²) in [5, 5.41) is 2.93. The van der Waals surface area contributed by atoms with E-state index in [-0.39, 0.29) is 18.5 Å². The van der Waals surface area contributed by atoms with Crippen LogP contribution in [0.1, 0.15) is 32.1 Å². The lowest BCUT2D eigenvalue weighted by Gasteiger charge is -2.21. The molecule has 0 heterocycles. The van der Waals surface area contributed by atoms with E-state index in [0.717, 1.165) is 44.9 Å². The standard InChI is InChI=1S/C13H27N3O3S/c1-15(2)9-6-10-16(20(3,18)19)11-13(17)14-12-7-4-5-8-12/h12H,4-11H2,1-3H3,(H,14,17). The van der Waals surface area contributed by atoms with Crippen LogP contribution in [-0.2, 0) is 14.8 Å². The molecular weight excluding hydrogens is 278 g/mol. The fourth-order valence-electron chi connectivity index (χ4n) is 2.43. The van der Waals surface area contributed by atoms with E-state index in [4.69, 9.17) is 0 Å². The van der Waals surface area contributed by atoms with Crippen LogP contribution in [0, 0.1) is 0 Å². The van der Waals surface area contributed by atoms with Crippen LogP contribution in [0.25, 0.3) is 0 Å². The second kappa shape index (κ2) is 7.95. The summed E-state index contributed by atoms with van der Waals surface area (Å²) in [6.07, 6.45) is 6.17. The Hall–Kier alpha value is -0.660. The highest BCUT2D eigenvalue weighted by atomic mass is 32.2.